The van der Waals surface area contributed by atoms with Crippen LogP contribution in [0.25, 0.3) is 0 Å². The highest BCUT2D eigenvalue weighted by atomic mass is 16.5. The summed E-state index contributed by atoms with van der Waals surface area (Å²) in [6.45, 7) is 10.2. The molecule has 254 valence electrons. The predicted octanol–water partition coefficient (Wildman–Crippen LogP) is 2.79. The molecule has 11 nitrogen and oxygen atoms in total. The first-order valence-corrected chi connectivity index (χ1v) is 16.1. The van der Waals surface area contributed by atoms with Crippen molar-refractivity contribution in [3.05, 3.63) is 35.9 Å². The number of hydrogen-bond donors (Lipinski definition) is 2. The third-order valence-electron chi connectivity index (χ3n) is 9.35. The average Bonchev–Trinajstić information content (AvgIpc) is 3.52. The van der Waals surface area contributed by atoms with Crippen LogP contribution in [0.5, 0.6) is 0 Å². The van der Waals surface area contributed by atoms with Crippen molar-refractivity contribution in [1.82, 2.24) is 15.1 Å². The number of likely N-dealkylation sites (tertiary alicyclic amines) is 1. The normalized spacial score (nSPS) is 19.6. The van der Waals surface area contributed by atoms with Gasteiger partial charge in [0.1, 0.15) is 6.04 Å². The topological polar surface area (TPSA) is 141 Å². The molecule has 8 atom stereocenters. The van der Waals surface area contributed by atoms with Gasteiger partial charge in [-0.05, 0) is 30.2 Å². The Morgan fingerprint density at radius 1 is 1.04 bits per heavy atom. The van der Waals surface area contributed by atoms with Crippen LogP contribution < -0.4 is 11.1 Å². The van der Waals surface area contributed by atoms with Gasteiger partial charge in [0, 0.05) is 34.2 Å². The maximum atomic E-state index is 13.9. The van der Waals surface area contributed by atoms with Crippen molar-refractivity contribution in [3.8, 4) is 0 Å². The summed E-state index contributed by atoms with van der Waals surface area (Å²) in [5.74, 6) is -1.84. The molecular formula is C34H56N4O7. The summed E-state index contributed by atoms with van der Waals surface area (Å²) >= 11 is 0. The van der Waals surface area contributed by atoms with Crippen molar-refractivity contribution in [1.29, 1.82) is 0 Å². The summed E-state index contributed by atoms with van der Waals surface area (Å²) in [7, 11) is 6.12. The third-order valence-corrected chi connectivity index (χ3v) is 9.35. The van der Waals surface area contributed by atoms with E-state index in [1.807, 2.05) is 58.0 Å². The Labute approximate surface area is 269 Å². The van der Waals surface area contributed by atoms with Gasteiger partial charge in [-0.15, -0.1) is 0 Å². The van der Waals surface area contributed by atoms with Crippen molar-refractivity contribution >= 4 is 23.7 Å². The number of amides is 3. The fraction of sp³-hybridized carbons (Fsp3) is 0.706. The molecule has 0 saturated carbocycles. The highest BCUT2D eigenvalue weighted by Gasteiger charge is 2.42. The van der Waals surface area contributed by atoms with E-state index in [1.54, 1.807) is 30.9 Å². The van der Waals surface area contributed by atoms with E-state index in [9.17, 15) is 19.2 Å². The molecule has 1 fully saturated rings. The first kappa shape index (κ1) is 38.2. The minimum atomic E-state index is -0.866. The van der Waals surface area contributed by atoms with Crippen LogP contribution in [0.4, 0.5) is 0 Å². The first-order valence-electron chi connectivity index (χ1n) is 16.1. The summed E-state index contributed by atoms with van der Waals surface area (Å²) in [5, 5.41) is 2.85. The number of benzene rings is 1. The van der Waals surface area contributed by atoms with E-state index in [-0.39, 0.29) is 54.5 Å². The Hall–Kier alpha value is -3.02. The van der Waals surface area contributed by atoms with Crippen LogP contribution in [0.15, 0.2) is 30.3 Å². The molecule has 1 aliphatic rings. The molecule has 3 N–H and O–H groups in total. The number of nitrogens with zero attached hydrogens (tertiary/aromatic N) is 2. The lowest BCUT2D eigenvalue weighted by Gasteiger charge is -2.40. The van der Waals surface area contributed by atoms with E-state index < -0.39 is 36.2 Å². The second-order valence-electron chi connectivity index (χ2n) is 12.6. The molecule has 1 aromatic carbocycles. The number of hydrogen-bond acceptors (Lipinski definition) is 8. The number of esters is 1. The second kappa shape index (κ2) is 18.2. The molecule has 45 heavy (non-hydrogen) atoms. The molecule has 1 heterocycles. The number of nitrogens with one attached hydrogen (secondary N) is 1. The molecule has 0 spiro atoms. The molecule has 0 aromatic heterocycles. The largest absolute Gasteiger partial charge is 0.467 e. The van der Waals surface area contributed by atoms with Gasteiger partial charge < -0.3 is 35.1 Å². The monoisotopic (exact) mass is 632 g/mol. The quantitative estimate of drug-likeness (QED) is 0.250. The van der Waals surface area contributed by atoms with Crippen molar-refractivity contribution < 1.29 is 33.4 Å². The lowest BCUT2D eigenvalue weighted by Crippen LogP contribution is -2.56. The maximum absolute atomic E-state index is 13.9. The Balaban J connectivity index is 2.22. The van der Waals surface area contributed by atoms with Crippen molar-refractivity contribution in [2.75, 3.05) is 34.9 Å². The van der Waals surface area contributed by atoms with Gasteiger partial charge in [0.15, 0.2) is 0 Å². The Morgan fingerprint density at radius 2 is 1.69 bits per heavy atom. The van der Waals surface area contributed by atoms with Crippen LogP contribution >= 0.6 is 0 Å². The minimum absolute atomic E-state index is 0.0306. The van der Waals surface area contributed by atoms with Gasteiger partial charge >= 0.3 is 5.97 Å². The number of carbonyl (C=O) groups is 4. The molecule has 1 aromatic rings. The third kappa shape index (κ3) is 9.98. The number of likely N-dealkylation sites (N-methyl/N-ethyl adjacent to an activating group) is 1. The lowest BCUT2D eigenvalue weighted by molar-refractivity contribution is -0.148. The summed E-state index contributed by atoms with van der Waals surface area (Å²) in [6, 6.07) is 7.18. The molecule has 0 bridgehead atoms. The lowest BCUT2D eigenvalue weighted by atomic mass is 9.89. The average molecular weight is 633 g/mol. The summed E-state index contributed by atoms with van der Waals surface area (Å²) in [6.07, 6.45) is 1.40. The zero-order valence-electron chi connectivity index (χ0n) is 28.7. The molecule has 1 unspecified atom stereocenters. The van der Waals surface area contributed by atoms with Gasteiger partial charge in [-0.2, -0.15) is 0 Å². The number of carbonyl (C=O) groups excluding carboxylic acids is 4. The van der Waals surface area contributed by atoms with Gasteiger partial charge in [0.05, 0.1) is 49.8 Å². The number of rotatable bonds is 17. The number of ether oxygens (including phenoxy) is 3. The standard InChI is InChI=1S/C34H56N4O7/c1-10-22(4)30(37(6)33(41)29(35)21(2)3)27(43-7)20-28(39)38-18-14-17-26(38)31(44-8)23(5)32(40)36-25(34(42)45-9)19-24-15-12-11-13-16-24/h11-13,15-16,21-23,25-27,29-31H,10,14,17-20,35H2,1-9H3,(H,36,40)/t22-,23+,25-,26-,27?,29-,30-,31+/m0/s1. The van der Waals surface area contributed by atoms with E-state index in [4.69, 9.17) is 19.9 Å². The number of nitrogens with two attached hydrogens (primary N) is 1. The molecule has 3 amide bonds. The zero-order chi connectivity index (χ0) is 33.8. The molecule has 11 heteroatoms. The van der Waals surface area contributed by atoms with Crippen molar-refractivity contribution in [2.24, 2.45) is 23.5 Å². The fourth-order valence-corrected chi connectivity index (χ4v) is 6.31. The van der Waals surface area contributed by atoms with Crippen LogP contribution in [-0.2, 0) is 39.8 Å². The summed E-state index contributed by atoms with van der Waals surface area (Å²) in [4.78, 5) is 56.6. The smallest absolute Gasteiger partial charge is 0.328 e. The highest BCUT2D eigenvalue weighted by molar-refractivity contribution is 5.86. The van der Waals surface area contributed by atoms with E-state index in [1.165, 1.54) is 14.2 Å². The Kier molecular flexibility index (Phi) is 15.4. The molecular weight excluding hydrogens is 576 g/mol. The van der Waals surface area contributed by atoms with Gasteiger partial charge in [-0.1, -0.05) is 71.4 Å². The molecule has 0 aliphatic carbocycles. The van der Waals surface area contributed by atoms with Crippen LogP contribution in [-0.4, -0.2) is 105 Å². The zero-order valence-corrected chi connectivity index (χ0v) is 28.7. The SMILES string of the molecule is CC[C@H](C)[C@@H](C(CC(=O)N1CCC[C@H]1[C@H](OC)[C@@H](C)C(=O)N[C@@H](Cc1ccccc1)C(=O)OC)OC)N(C)C(=O)[C@@H](N)C(C)C. The van der Waals surface area contributed by atoms with Gasteiger partial charge in [0.2, 0.25) is 17.7 Å². The van der Waals surface area contributed by atoms with Gasteiger partial charge in [-0.3, -0.25) is 14.4 Å². The van der Waals surface area contributed by atoms with Crippen LogP contribution in [0, 0.1) is 17.8 Å². The van der Waals surface area contributed by atoms with Crippen molar-refractivity contribution in [3.63, 3.8) is 0 Å². The van der Waals surface area contributed by atoms with E-state index in [2.05, 4.69) is 5.32 Å². The summed E-state index contributed by atoms with van der Waals surface area (Å²) < 4.78 is 16.7. The van der Waals surface area contributed by atoms with E-state index >= 15 is 0 Å². The molecule has 1 saturated heterocycles. The molecule has 1 aliphatic heterocycles. The van der Waals surface area contributed by atoms with Crippen molar-refractivity contribution in [2.45, 2.75) is 103 Å². The number of methoxy groups -OCH3 is 3. The maximum Gasteiger partial charge on any atom is 0.328 e. The van der Waals surface area contributed by atoms with Gasteiger partial charge in [0.25, 0.3) is 0 Å². The van der Waals surface area contributed by atoms with E-state index in [0.29, 0.717) is 13.0 Å². The highest BCUT2D eigenvalue weighted by Crippen LogP contribution is 2.29. The predicted molar refractivity (Wildman–Crippen MR) is 173 cm³/mol. The second-order valence-corrected chi connectivity index (χ2v) is 12.6. The summed E-state index contributed by atoms with van der Waals surface area (Å²) in [5.41, 5.74) is 7.10. The van der Waals surface area contributed by atoms with Crippen LogP contribution in [0.3, 0.4) is 0 Å². The van der Waals surface area contributed by atoms with Gasteiger partial charge in [-0.25, -0.2) is 4.79 Å². The Bertz CT molecular complexity index is 1100. The fourth-order valence-electron chi connectivity index (χ4n) is 6.31. The first-order chi connectivity index (χ1) is 21.3. The molecule has 2 rings (SSSR count). The van der Waals surface area contributed by atoms with Crippen LogP contribution in [0.1, 0.15) is 65.9 Å². The molecule has 0 radical (unpaired) electrons. The Morgan fingerprint density at radius 3 is 2.22 bits per heavy atom. The van der Waals surface area contributed by atoms with E-state index in [0.717, 1.165) is 18.4 Å². The van der Waals surface area contributed by atoms with Crippen LogP contribution in [0.2, 0.25) is 0 Å². The minimum Gasteiger partial charge on any atom is -0.467 e.